The molecule has 4 heteroatoms. The van der Waals surface area contributed by atoms with Gasteiger partial charge in [-0.05, 0) is 25.2 Å². The van der Waals surface area contributed by atoms with Gasteiger partial charge in [-0.1, -0.05) is 74.5 Å². The van der Waals surface area contributed by atoms with E-state index in [1.54, 1.807) is 0 Å². The van der Waals surface area contributed by atoms with Gasteiger partial charge in [-0.15, -0.1) is 0 Å². The van der Waals surface area contributed by atoms with Gasteiger partial charge in [0, 0.05) is 25.3 Å². The number of nitrogens with zero attached hydrogens (tertiary/aromatic N) is 1. The maximum atomic E-state index is 12.3. The second kappa shape index (κ2) is 11.3. The standard InChI is InChI=1S/C22H29NO2.CH2O/c1-5-21(24)25-22(18(2)17-23(3)4,20-14-10-7-11-15-20)16-19-12-8-6-9-13-19;1-2/h6-15,18H,5,16-17H2,1-4H3;1H2. The van der Waals surface area contributed by atoms with Gasteiger partial charge >= 0.3 is 5.97 Å². The molecule has 0 saturated heterocycles. The second-order valence-corrected chi connectivity index (χ2v) is 6.91. The van der Waals surface area contributed by atoms with E-state index in [1.165, 1.54) is 5.56 Å². The van der Waals surface area contributed by atoms with Crippen molar-refractivity contribution >= 4 is 12.8 Å². The zero-order chi connectivity index (χ0) is 20.3. The number of ether oxygens (including phenoxy) is 1. The van der Waals surface area contributed by atoms with Gasteiger partial charge in [0.05, 0.1) is 0 Å². The molecule has 2 aromatic rings. The van der Waals surface area contributed by atoms with E-state index >= 15 is 0 Å². The number of benzene rings is 2. The van der Waals surface area contributed by atoms with Crippen molar-refractivity contribution in [1.29, 1.82) is 0 Å². The van der Waals surface area contributed by atoms with Gasteiger partial charge in [-0.25, -0.2) is 0 Å². The Labute approximate surface area is 163 Å². The molecular weight excluding hydrogens is 338 g/mol. The Hall–Kier alpha value is -2.46. The summed E-state index contributed by atoms with van der Waals surface area (Å²) in [5.41, 5.74) is 1.54. The molecule has 0 aliphatic carbocycles. The minimum atomic E-state index is -0.681. The number of hydrogen-bond donors (Lipinski definition) is 0. The summed E-state index contributed by atoms with van der Waals surface area (Å²) < 4.78 is 6.17. The Morgan fingerprint density at radius 3 is 2.04 bits per heavy atom. The molecule has 0 aliphatic rings. The van der Waals surface area contributed by atoms with Crippen molar-refractivity contribution in [3.63, 3.8) is 0 Å². The first kappa shape index (κ1) is 22.6. The maximum Gasteiger partial charge on any atom is 0.306 e. The lowest BCUT2D eigenvalue weighted by Gasteiger charge is -2.40. The lowest BCUT2D eigenvalue weighted by molar-refractivity contribution is -0.168. The molecule has 0 aromatic heterocycles. The molecule has 2 unspecified atom stereocenters. The lowest BCUT2D eigenvalue weighted by atomic mass is 9.77. The van der Waals surface area contributed by atoms with E-state index in [9.17, 15) is 4.79 Å². The van der Waals surface area contributed by atoms with Crippen LogP contribution in [-0.4, -0.2) is 38.3 Å². The topological polar surface area (TPSA) is 46.6 Å². The first-order chi connectivity index (χ1) is 13.0. The number of carbonyl (C=O) groups excluding carboxylic acids is 2. The lowest BCUT2D eigenvalue weighted by Crippen LogP contribution is -2.44. The Morgan fingerprint density at radius 1 is 1.04 bits per heavy atom. The van der Waals surface area contributed by atoms with Crippen LogP contribution in [0.5, 0.6) is 0 Å². The summed E-state index contributed by atoms with van der Waals surface area (Å²) >= 11 is 0. The molecule has 0 radical (unpaired) electrons. The van der Waals surface area contributed by atoms with E-state index in [2.05, 4.69) is 50.2 Å². The Balaban J connectivity index is 0.00000176. The van der Waals surface area contributed by atoms with Crippen LogP contribution in [0, 0.1) is 5.92 Å². The minimum Gasteiger partial charge on any atom is -0.453 e. The van der Waals surface area contributed by atoms with Gasteiger partial charge in [-0.2, -0.15) is 0 Å². The monoisotopic (exact) mass is 369 g/mol. The fourth-order valence-electron chi connectivity index (χ4n) is 3.35. The van der Waals surface area contributed by atoms with E-state index in [1.807, 2.05) is 50.1 Å². The number of carbonyl (C=O) groups is 2. The fraction of sp³-hybridized carbons (Fsp3) is 0.391. The summed E-state index contributed by atoms with van der Waals surface area (Å²) in [6.07, 6.45) is 1.04. The Kier molecular flexibility index (Phi) is 9.45. The third-order valence-corrected chi connectivity index (χ3v) is 4.59. The predicted octanol–water partition coefficient (Wildman–Crippen LogP) is 4.09. The van der Waals surface area contributed by atoms with Crippen LogP contribution in [0.1, 0.15) is 31.4 Å². The minimum absolute atomic E-state index is 0.139. The van der Waals surface area contributed by atoms with E-state index in [4.69, 9.17) is 9.53 Å². The molecule has 0 amide bonds. The highest BCUT2D eigenvalue weighted by molar-refractivity contribution is 5.69. The molecule has 0 spiro atoms. The summed E-state index contributed by atoms with van der Waals surface area (Å²) in [6.45, 7) is 6.84. The molecule has 0 aliphatic heterocycles. The van der Waals surface area contributed by atoms with E-state index in [0.29, 0.717) is 12.8 Å². The molecule has 4 nitrogen and oxygen atoms in total. The molecule has 0 bridgehead atoms. The van der Waals surface area contributed by atoms with Gasteiger partial charge in [0.2, 0.25) is 0 Å². The second-order valence-electron chi connectivity index (χ2n) is 6.91. The van der Waals surface area contributed by atoms with Crippen molar-refractivity contribution in [2.24, 2.45) is 5.92 Å². The van der Waals surface area contributed by atoms with Crippen molar-refractivity contribution in [3.8, 4) is 0 Å². The van der Waals surface area contributed by atoms with Crippen molar-refractivity contribution in [2.75, 3.05) is 20.6 Å². The zero-order valence-electron chi connectivity index (χ0n) is 16.9. The summed E-state index contributed by atoms with van der Waals surface area (Å²) in [4.78, 5) is 22.5. The number of hydrogen-bond acceptors (Lipinski definition) is 4. The van der Waals surface area contributed by atoms with Gasteiger partial charge in [0.15, 0.2) is 0 Å². The zero-order valence-corrected chi connectivity index (χ0v) is 16.9. The maximum absolute atomic E-state index is 12.3. The van der Waals surface area contributed by atoms with Crippen LogP contribution < -0.4 is 0 Å². The third-order valence-electron chi connectivity index (χ3n) is 4.59. The summed E-state index contributed by atoms with van der Waals surface area (Å²) in [5, 5.41) is 0. The highest BCUT2D eigenvalue weighted by atomic mass is 16.6. The molecule has 0 N–H and O–H groups in total. The highest BCUT2D eigenvalue weighted by Crippen LogP contribution is 2.38. The number of rotatable bonds is 8. The van der Waals surface area contributed by atoms with Crippen molar-refractivity contribution in [1.82, 2.24) is 4.90 Å². The molecule has 2 aromatic carbocycles. The van der Waals surface area contributed by atoms with Crippen LogP contribution in [0.3, 0.4) is 0 Å². The quantitative estimate of drug-likeness (QED) is 0.658. The normalized spacial score (nSPS) is 13.8. The predicted molar refractivity (Wildman–Crippen MR) is 109 cm³/mol. The van der Waals surface area contributed by atoms with Gasteiger partial charge in [-0.3, -0.25) is 4.79 Å². The summed E-state index contributed by atoms with van der Waals surface area (Å²) in [5.74, 6) is -0.0222. The molecule has 2 rings (SSSR count). The van der Waals surface area contributed by atoms with Crippen LogP contribution in [0.2, 0.25) is 0 Å². The first-order valence-electron chi connectivity index (χ1n) is 9.23. The largest absolute Gasteiger partial charge is 0.453 e. The third kappa shape index (κ3) is 6.33. The smallest absolute Gasteiger partial charge is 0.306 e. The van der Waals surface area contributed by atoms with Crippen LogP contribution in [0.4, 0.5) is 0 Å². The van der Waals surface area contributed by atoms with E-state index < -0.39 is 5.60 Å². The van der Waals surface area contributed by atoms with Gasteiger partial charge < -0.3 is 14.4 Å². The average molecular weight is 370 g/mol. The van der Waals surface area contributed by atoms with Gasteiger partial charge in [0.25, 0.3) is 0 Å². The molecule has 2 atom stereocenters. The van der Waals surface area contributed by atoms with Crippen molar-refractivity contribution < 1.29 is 14.3 Å². The van der Waals surface area contributed by atoms with Crippen molar-refractivity contribution in [3.05, 3.63) is 71.8 Å². The van der Waals surface area contributed by atoms with Crippen molar-refractivity contribution in [2.45, 2.75) is 32.3 Å². The molecule has 27 heavy (non-hydrogen) atoms. The van der Waals surface area contributed by atoms with E-state index in [0.717, 1.165) is 12.1 Å². The number of esters is 1. The van der Waals surface area contributed by atoms with Crippen LogP contribution in [-0.2, 0) is 26.3 Å². The molecular formula is C23H31NO3. The average Bonchev–Trinajstić information content (AvgIpc) is 2.69. The van der Waals surface area contributed by atoms with E-state index in [-0.39, 0.29) is 11.9 Å². The Bertz CT molecular complexity index is 673. The SMILES string of the molecule is C=O.CCC(=O)OC(Cc1ccccc1)(c1ccccc1)C(C)CN(C)C. The first-order valence-corrected chi connectivity index (χ1v) is 9.23. The molecule has 0 fully saturated rings. The molecule has 0 heterocycles. The van der Waals surface area contributed by atoms with Crippen LogP contribution in [0.25, 0.3) is 0 Å². The summed E-state index contributed by atoms with van der Waals surface area (Å²) in [7, 11) is 4.10. The Morgan fingerprint density at radius 2 is 1.56 bits per heavy atom. The molecule has 146 valence electrons. The summed E-state index contributed by atoms with van der Waals surface area (Å²) in [6, 6.07) is 20.4. The van der Waals surface area contributed by atoms with Crippen LogP contribution in [0.15, 0.2) is 60.7 Å². The van der Waals surface area contributed by atoms with Gasteiger partial charge in [0.1, 0.15) is 12.4 Å². The molecule has 0 saturated carbocycles. The van der Waals surface area contributed by atoms with Crippen LogP contribution >= 0.6 is 0 Å². The highest BCUT2D eigenvalue weighted by Gasteiger charge is 2.42. The fourth-order valence-corrected chi connectivity index (χ4v) is 3.35.